The minimum atomic E-state index is -4.05. The van der Waals surface area contributed by atoms with Gasteiger partial charge in [-0.15, -0.1) is 0 Å². The summed E-state index contributed by atoms with van der Waals surface area (Å²) in [5.74, 6) is -0.237. The van der Waals surface area contributed by atoms with Gasteiger partial charge < -0.3 is 15.2 Å². The van der Waals surface area contributed by atoms with Crippen molar-refractivity contribution in [3.63, 3.8) is 0 Å². The molecule has 3 heterocycles. The Morgan fingerprint density at radius 1 is 1.25 bits per heavy atom. The van der Waals surface area contributed by atoms with Crippen LogP contribution in [0.25, 0.3) is 15.8 Å². The number of carbonyl (C=O) groups excluding carboxylic acids is 1. The van der Waals surface area contributed by atoms with Gasteiger partial charge in [0.2, 0.25) is 5.91 Å². The van der Waals surface area contributed by atoms with E-state index in [0.29, 0.717) is 10.9 Å². The number of rotatable bonds is 6. The van der Waals surface area contributed by atoms with Gasteiger partial charge in [0.15, 0.2) is 0 Å². The molecule has 186 valence electrons. The predicted octanol–water partition coefficient (Wildman–Crippen LogP) is 3.82. The molecule has 0 unspecified atom stereocenters. The average molecular weight is 526 g/mol. The molecule has 0 saturated heterocycles. The fourth-order valence-corrected chi connectivity index (χ4v) is 6.40. The predicted molar refractivity (Wildman–Crippen MR) is 137 cm³/mol. The molecule has 11 heteroatoms. The zero-order valence-electron chi connectivity index (χ0n) is 19.5. The molecule has 1 amide bonds. The van der Waals surface area contributed by atoms with Crippen LogP contribution < -0.4 is 16.2 Å². The molecular formula is C25H24ClN5O4S. The number of hydrogen-bond donors (Lipinski definition) is 2. The third-order valence-electron chi connectivity index (χ3n) is 6.77. The van der Waals surface area contributed by atoms with Crippen molar-refractivity contribution in [1.82, 2.24) is 13.9 Å². The van der Waals surface area contributed by atoms with Crippen molar-refractivity contribution < 1.29 is 13.2 Å². The molecular weight excluding hydrogens is 502 g/mol. The first-order valence-electron chi connectivity index (χ1n) is 11.6. The Balaban J connectivity index is 1.68. The number of benzene rings is 1. The number of pyridine rings is 1. The van der Waals surface area contributed by atoms with E-state index >= 15 is 0 Å². The Bertz CT molecular complexity index is 1610. The van der Waals surface area contributed by atoms with E-state index < -0.39 is 27.5 Å². The van der Waals surface area contributed by atoms with Crippen LogP contribution in [-0.4, -0.2) is 28.9 Å². The van der Waals surface area contributed by atoms with Crippen LogP contribution in [0.2, 0.25) is 0 Å². The number of aryl methyl sites for hydroxylation is 1. The van der Waals surface area contributed by atoms with E-state index in [0.717, 1.165) is 35.2 Å². The van der Waals surface area contributed by atoms with Gasteiger partial charge in [0, 0.05) is 35.6 Å². The third kappa shape index (κ3) is 3.98. The number of halogens is 1. The Labute approximate surface area is 213 Å². The number of carbonyl (C=O) groups is 1. The van der Waals surface area contributed by atoms with Crippen LogP contribution in [0.15, 0.2) is 52.5 Å². The summed E-state index contributed by atoms with van der Waals surface area (Å²) in [6, 6.07) is 7.32. The molecule has 1 atom stereocenters. The Kier molecular flexibility index (Phi) is 6.14. The largest absolute Gasteiger partial charge is 0.352 e. The van der Waals surface area contributed by atoms with Crippen molar-refractivity contribution in [3.05, 3.63) is 64.3 Å². The van der Waals surface area contributed by atoms with E-state index in [4.69, 9.17) is 11.6 Å². The minimum Gasteiger partial charge on any atom is -0.352 e. The normalized spacial score (nSPS) is 16.3. The van der Waals surface area contributed by atoms with E-state index in [1.165, 1.54) is 35.3 Å². The van der Waals surface area contributed by atoms with Gasteiger partial charge in [0.25, 0.3) is 15.6 Å². The van der Waals surface area contributed by atoms with E-state index in [-0.39, 0.29) is 33.6 Å². The van der Waals surface area contributed by atoms with Gasteiger partial charge in [-0.1, -0.05) is 42.1 Å². The molecule has 36 heavy (non-hydrogen) atoms. The molecule has 3 aromatic rings. The maximum Gasteiger partial charge on any atom is 0.269 e. The molecule has 0 spiro atoms. The standard InChI is InChI=1S/C25H24ClN5O4S/c1-15-6-8-17(9-7-15)36(34,35)31-14-19-22-18(20(26)12-28-23(22)31)13-30(25(19)33)21(10-11-27)24(32)29-16-4-2-3-5-16/h6-9,12-14,16,21,28H,2-5,10H2,1H3,(H,29,32)/t21-/m1/s1. The summed E-state index contributed by atoms with van der Waals surface area (Å²) in [7, 11) is -4.05. The second kappa shape index (κ2) is 9.15. The second-order valence-electron chi connectivity index (χ2n) is 9.14. The number of nitrogens with zero attached hydrogens (tertiary/aromatic N) is 3. The van der Waals surface area contributed by atoms with E-state index in [2.05, 4.69) is 10.6 Å². The van der Waals surface area contributed by atoms with Gasteiger partial charge in [-0.05, 0) is 31.9 Å². The quantitative estimate of drug-likeness (QED) is 0.503. The number of aromatic nitrogens is 2. The zero-order valence-corrected chi connectivity index (χ0v) is 21.1. The molecule has 1 fully saturated rings. The Morgan fingerprint density at radius 2 is 1.94 bits per heavy atom. The van der Waals surface area contributed by atoms with Crippen LogP contribution in [0, 0.1) is 18.3 Å². The lowest BCUT2D eigenvalue weighted by Crippen LogP contribution is -2.41. The molecule has 1 aromatic carbocycles. The SMILES string of the molecule is Cc1ccc(S(=O)(=O)n2cc3c(=O)n([C@H](CC#N)C(=O)NC4CCCC4)cc4c3c2NC=C4Cl)cc1. The van der Waals surface area contributed by atoms with Crippen LogP contribution in [0.1, 0.15) is 49.3 Å². The molecule has 0 radical (unpaired) electrons. The Hall–Kier alpha value is -3.55. The first-order valence-corrected chi connectivity index (χ1v) is 13.5. The van der Waals surface area contributed by atoms with Crippen molar-refractivity contribution >= 4 is 49.2 Å². The first kappa shape index (κ1) is 24.2. The van der Waals surface area contributed by atoms with Gasteiger partial charge in [0.05, 0.1) is 27.8 Å². The van der Waals surface area contributed by atoms with Crippen molar-refractivity contribution in [2.45, 2.75) is 56.0 Å². The topological polar surface area (TPSA) is 126 Å². The molecule has 1 saturated carbocycles. The molecule has 2 aromatic heterocycles. The Morgan fingerprint density at radius 3 is 2.61 bits per heavy atom. The van der Waals surface area contributed by atoms with Gasteiger partial charge >= 0.3 is 0 Å². The lowest BCUT2D eigenvalue weighted by Gasteiger charge is -2.22. The molecule has 9 nitrogen and oxygen atoms in total. The molecule has 1 aliphatic heterocycles. The van der Waals surface area contributed by atoms with Crippen molar-refractivity contribution in [2.75, 3.05) is 5.32 Å². The van der Waals surface area contributed by atoms with E-state index in [1.807, 2.05) is 13.0 Å². The first-order chi connectivity index (χ1) is 17.2. The lowest BCUT2D eigenvalue weighted by molar-refractivity contribution is -0.125. The van der Waals surface area contributed by atoms with Crippen LogP contribution in [-0.2, 0) is 14.8 Å². The molecule has 1 aliphatic carbocycles. The van der Waals surface area contributed by atoms with Crippen molar-refractivity contribution in [2.24, 2.45) is 0 Å². The minimum absolute atomic E-state index is 0.0107. The maximum atomic E-state index is 13.6. The number of anilines is 1. The molecule has 5 rings (SSSR count). The van der Waals surface area contributed by atoms with Crippen LogP contribution in [0.3, 0.4) is 0 Å². The van der Waals surface area contributed by atoms with Crippen molar-refractivity contribution in [3.8, 4) is 6.07 Å². The second-order valence-corrected chi connectivity index (χ2v) is 11.4. The van der Waals surface area contributed by atoms with Gasteiger partial charge in [0.1, 0.15) is 11.9 Å². The molecule has 2 N–H and O–H groups in total. The number of hydrogen-bond acceptors (Lipinski definition) is 6. The number of amides is 1. The fraction of sp³-hybridized carbons (Fsp3) is 0.320. The highest BCUT2D eigenvalue weighted by atomic mass is 35.5. The van der Waals surface area contributed by atoms with Crippen LogP contribution in [0.4, 0.5) is 5.82 Å². The summed E-state index contributed by atoms with van der Waals surface area (Å²) in [6.45, 7) is 1.85. The summed E-state index contributed by atoms with van der Waals surface area (Å²) in [5, 5.41) is 15.9. The maximum absolute atomic E-state index is 13.6. The van der Waals surface area contributed by atoms with Gasteiger partial charge in [-0.25, -0.2) is 12.4 Å². The van der Waals surface area contributed by atoms with E-state index in [1.54, 1.807) is 12.1 Å². The van der Waals surface area contributed by atoms with Crippen molar-refractivity contribution in [1.29, 1.82) is 5.26 Å². The van der Waals surface area contributed by atoms with Gasteiger partial charge in [-0.3, -0.25) is 9.59 Å². The van der Waals surface area contributed by atoms with E-state index in [9.17, 15) is 23.3 Å². The smallest absolute Gasteiger partial charge is 0.269 e. The highest BCUT2D eigenvalue weighted by molar-refractivity contribution is 7.90. The molecule has 2 aliphatic rings. The zero-order chi connectivity index (χ0) is 25.6. The summed E-state index contributed by atoms with van der Waals surface area (Å²) >= 11 is 6.45. The highest BCUT2D eigenvalue weighted by Gasteiger charge is 2.31. The highest BCUT2D eigenvalue weighted by Crippen LogP contribution is 2.39. The lowest BCUT2D eigenvalue weighted by atomic mass is 10.1. The average Bonchev–Trinajstić information content (AvgIpc) is 3.50. The summed E-state index contributed by atoms with van der Waals surface area (Å²) in [5.41, 5.74) is 0.725. The summed E-state index contributed by atoms with van der Waals surface area (Å²) in [6.07, 6.45) is 7.64. The molecule has 0 bridgehead atoms. The summed E-state index contributed by atoms with van der Waals surface area (Å²) < 4.78 is 29.2. The van der Waals surface area contributed by atoms with Gasteiger partial charge in [-0.2, -0.15) is 5.26 Å². The number of nitrogens with one attached hydrogen (secondary N) is 2. The summed E-state index contributed by atoms with van der Waals surface area (Å²) in [4.78, 5) is 26.8. The monoisotopic (exact) mass is 525 g/mol. The van der Waals surface area contributed by atoms with Crippen LogP contribution >= 0.6 is 11.6 Å². The fourth-order valence-electron chi connectivity index (χ4n) is 4.86. The third-order valence-corrected chi connectivity index (χ3v) is 8.76. The number of nitriles is 1. The van der Waals surface area contributed by atoms with Crippen LogP contribution in [0.5, 0.6) is 0 Å².